The van der Waals surface area contributed by atoms with Crippen LogP contribution < -0.4 is 5.32 Å². The molecule has 1 N–H and O–H groups in total. The van der Waals surface area contributed by atoms with Crippen molar-refractivity contribution in [3.63, 3.8) is 0 Å². The van der Waals surface area contributed by atoms with Gasteiger partial charge in [0.1, 0.15) is 5.01 Å². The van der Waals surface area contributed by atoms with Crippen molar-refractivity contribution in [3.8, 4) is 0 Å². The van der Waals surface area contributed by atoms with E-state index in [1.54, 1.807) is 11.3 Å². The van der Waals surface area contributed by atoms with Crippen LogP contribution in [0.25, 0.3) is 0 Å². The molecule has 3 nitrogen and oxygen atoms in total. The lowest BCUT2D eigenvalue weighted by Gasteiger charge is -1.93. The summed E-state index contributed by atoms with van der Waals surface area (Å²) in [6.07, 6.45) is 3.58. The first-order valence-electron chi connectivity index (χ1n) is 3.97. The van der Waals surface area contributed by atoms with E-state index in [-0.39, 0.29) is 0 Å². The van der Waals surface area contributed by atoms with Gasteiger partial charge < -0.3 is 5.32 Å². The minimum Gasteiger partial charge on any atom is -0.357 e. The Hall–Kier alpha value is -0.640. The molecule has 60 valence electrons. The van der Waals surface area contributed by atoms with Crippen molar-refractivity contribution in [2.24, 2.45) is 0 Å². The monoisotopic (exact) mass is 169 g/mol. The highest BCUT2D eigenvalue weighted by molar-refractivity contribution is 7.15. The van der Waals surface area contributed by atoms with Crippen molar-refractivity contribution < 1.29 is 0 Å². The van der Waals surface area contributed by atoms with E-state index in [9.17, 15) is 0 Å². The second-order valence-electron chi connectivity index (χ2n) is 2.77. The van der Waals surface area contributed by atoms with Gasteiger partial charge in [0.05, 0.1) is 0 Å². The van der Waals surface area contributed by atoms with Crippen LogP contribution in [0.15, 0.2) is 0 Å². The van der Waals surface area contributed by atoms with Crippen LogP contribution in [-0.2, 0) is 6.42 Å². The van der Waals surface area contributed by atoms with Gasteiger partial charge in [-0.2, -0.15) is 0 Å². The molecule has 0 unspecified atom stereocenters. The zero-order valence-corrected chi connectivity index (χ0v) is 7.32. The van der Waals surface area contributed by atoms with Crippen molar-refractivity contribution in [2.75, 3.05) is 5.32 Å². The number of hydrogen-bond donors (Lipinski definition) is 1. The van der Waals surface area contributed by atoms with Crippen LogP contribution in [0.5, 0.6) is 0 Å². The largest absolute Gasteiger partial charge is 0.357 e. The van der Waals surface area contributed by atoms with Crippen molar-refractivity contribution in [1.29, 1.82) is 0 Å². The van der Waals surface area contributed by atoms with Crippen LogP contribution in [0.2, 0.25) is 0 Å². The number of nitrogens with zero attached hydrogens (tertiary/aromatic N) is 2. The van der Waals surface area contributed by atoms with Crippen molar-refractivity contribution in [2.45, 2.75) is 32.2 Å². The maximum Gasteiger partial charge on any atom is 0.205 e. The molecular formula is C7H11N3S. The molecule has 1 saturated carbocycles. The first-order valence-corrected chi connectivity index (χ1v) is 4.79. The van der Waals surface area contributed by atoms with E-state index in [0.717, 1.165) is 16.6 Å². The van der Waals surface area contributed by atoms with Crippen LogP contribution in [0.1, 0.15) is 24.8 Å². The van der Waals surface area contributed by atoms with Gasteiger partial charge in [0, 0.05) is 6.04 Å². The number of anilines is 1. The normalized spacial score (nSPS) is 16.8. The Morgan fingerprint density at radius 2 is 2.36 bits per heavy atom. The van der Waals surface area contributed by atoms with E-state index in [4.69, 9.17) is 0 Å². The highest BCUT2D eigenvalue weighted by atomic mass is 32.1. The maximum atomic E-state index is 4.02. The van der Waals surface area contributed by atoms with Gasteiger partial charge >= 0.3 is 0 Å². The Kier molecular flexibility index (Phi) is 1.77. The van der Waals surface area contributed by atoms with Crippen LogP contribution in [0, 0.1) is 0 Å². The zero-order chi connectivity index (χ0) is 7.68. The Balaban J connectivity index is 1.99. The lowest BCUT2D eigenvalue weighted by atomic mass is 10.5. The van der Waals surface area contributed by atoms with Gasteiger partial charge in [-0.3, -0.25) is 0 Å². The average Bonchev–Trinajstić information content (AvgIpc) is 2.68. The Morgan fingerprint density at radius 1 is 1.55 bits per heavy atom. The van der Waals surface area contributed by atoms with E-state index in [1.807, 2.05) is 0 Å². The average molecular weight is 169 g/mol. The molecule has 2 rings (SSSR count). The number of hydrogen-bond acceptors (Lipinski definition) is 4. The summed E-state index contributed by atoms with van der Waals surface area (Å²) < 4.78 is 0. The third kappa shape index (κ3) is 1.68. The molecule has 1 aliphatic carbocycles. The summed E-state index contributed by atoms with van der Waals surface area (Å²) in [6, 6.07) is 0.688. The summed E-state index contributed by atoms with van der Waals surface area (Å²) in [5.41, 5.74) is 0. The fourth-order valence-electron chi connectivity index (χ4n) is 0.857. The van der Waals surface area contributed by atoms with Crippen LogP contribution in [0.4, 0.5) is 5.13 Å². The topological polar surface area (TPSA) is 37.8 Å². The molecule has 0 radical (unpaired) electrons. The summed E-state index contributed by atoms with van der Waals surface area (Å²) in [5.74, 6) is 0. The van der Waals surface area contributed by atoms with E-state index in [0.29, 0.717) is 6.04 Å². The predicted octanol–water partition coefficient (Wildman–Crippen LogP) is 1.67. The van der Waals surface area contributed by atoms with E-state index in [1.165, 1.54) is 12.8 Å². The minimum atomic E-state index is 0.688. The molecule has 11 heavy (non-hydrogen) atoms. The van der Waals surface area contributed by atoms with Crippen molar-refractivity contribution in [1.82, 2.24) is 10.2 Å². The summed E-state index contributed by atoms with van der Waals surface area (Å²) in [7, 11) is 0. The standard InChI is InChI=1S/C7H11N3S/c1-2-6-9-10-7(11-6)8-5-3-4-5/h5H,2-4H2,1H3,(H,8,10). The summed E-state index contributed by atoms with van der Waals surface area (Å²) in [5, 5.41) is 13.5. The van der Waals surface area contributed by atoms with E-state index >= 15 is 0 Å². The molecule has 0 spiro atoms. The molecule has 1 fully saturated rings. The van der Waals surface area contributed by atoms with Gasteiger partial charge in [-0.25, -0.2) is 0 Å². The molecule has 4 heteroatoms. The van der Waals surface area contributed by atoms with Gasteiger partial charge in [0.2, 0.25) is 5.13 Å². The van der Waals surface area contributed by atoms with Gasteiger partial charge in [0.15, 0.2) is 0 Å². The lowest BCUT2D eigenvalue weighted by molar-refractivity contribution is 0.975. The summed E-state index contributed by atoms with van der Waals surface area (Å²) in [6.45, 7) is 2.10. The molecule has 0 aliphatic heterocycles. The lowest BCUT2D eigenvalue weighted by Crippen LogP contribution is -1.99. The van der Waals surface area contributed by atoms with Gasteiger partial charge in [-0.1, -0.05) is 18.3 Å². The second kappa shape index (κ2) is 2.77. The molecule has 0 atom stereocenters. The van der Waals surface area contributed by atoms with Crippen LogP contribution in [-0.4, -0.2) is 16.2 Å². The van der Waals surface area contributed by atoms with Gasteiger partial charge in [-0.15, -0.1) is 10.2 Å². The fourth-order valence-corrected chi connectivity index (χ4v) is 1.61. The Bertz CT molecular complexity index is 242. The number of aromatic nitrogens is 2. The van der Waals surface area contributed by atoms with Crippen LogP contribution in [0.3, 0.4) is 0 Å². The summed E-state index contributed by atoms with van der Waals surface area (Å²) in [4.78, 5) is 0. The van der Waals surface area contributed by atoms with E-state index < -0.39 is 0 Å². The molecule has 0 saturated heterocycles. The van der Waals surface area contributed by atoms with Crippen molar-refractivity contribution >= 4 is 16.5 Å². The zero-order valence-electron chi connectivity index (χ0n) is 6.50. The molecule has 0 amide bonds. The number of nitrogens with one attached hydrogen (secondary N) is 1. The second-order valence-corrected chi connectivity index (χ2v) is 3.84. The molecule has 1 heterocycles. The van der Waals surface area contributed by atoms with E-state index in [2.05, 4.69) is 22.4 Å². The number of rotatable bonds is 3. The van der Waals surface area contributed by atoms with Gasteiger partial charge in [-0.05, 0) is 19.3 Å². The summed E-state index contributed by atoms with van der Waals surface area (Å²) >= 11 is 1.67. The van der Waals surface area contributed by atoms with Gasteiger partial charge in [0.25, 0.3) is 0 Å². The Morgan fingerprint density at radius 3 is 2.91 bits per heavy atom. The highest BCUT2D eigenvalue weighted by Crippen LogP contribution is 2.26. The maximum absolute atomic E-state index is 4.02. The number of aryl methyl sites for hydroxylation is 1. The predicted molar refractivity (Wildman–Crippen MR) is 45.9 cm³/mol. The molecule has 1 aromatic rings. The molecule has 1 aromatic heterocycles. The molecular weight excluding hydrogens is 158 g/mol. The smallest absolute Gasteiger partial charge is 0.205 e. The SMILES string of the molecule is CCc1nnc(NC2CC2)s1. The third-order valence-electron chi connectivity index (χ3n) is 1.67. The molecule has 0 aromatic carbocycles. The fraction of sp³-hybridized carbons (Fsp3) is 0.714. The van der Waals surface area contributed by atoms with Crippen molar-refractivity contribution in [3.05, 3.63) is 5.01 Å². The minimum absolute atomic E-state index is 0.688. The molecule has 1 aliphatic rings. The molecule has 0 bridgehead atoms. The first kappa shape index (κ1) is 7.03. The highest BCUT2D eigenvalue weighted by Gasteiger charge is 2.22. The quantitative estimate of drug-likeness (QED) is 0.748. The third-order valence-corrected chi connectivity index (χ3v) is 2.67. The Labute approximate surface area is 69.8 Å². The first-order chi connectivity index (χ1) is 5.38. The van der Waals surface area contributed by atoms with Crippen LogP contribution >= 0.6 is 11.3 Å².